The van der Waals surface area contributed by atoms with Gasteiger partial charge < -0.3 is 0 Å². The van der Waals surface area contributed by atoms with Crippen LogP contribution in [0.1, 0.15) is 0 Å². The van der Waals surface area contributed by atoms with Gasteiger partial charge in [0.15, 0.2) is 0 Å². The minimum atomic E-state index is -2.65. The molecule has 2 aliphatic rings. The summed E-state index contributed by atoms with van der Waals surface area (Å²) in [5.41, 5.74) is 9.08. The Morgan fingerprint density at radius 1 is 0.446 bits per heavy atom. The van der Waals surface area contributed by atoms with E-state index in [2.05, 4.69) is 140 Å². The number of hydrogen-bond acceptors (Lipinski definition) is 5. The number of nitrogens with zero attached hydrogens (tertiary/aromatic N) is 4. The summed E-state index contributed by atoms with van der Waals surface area (Å²) in [7, 11) is -4.69. The first-order valence-corrected chi connectivity index (χ1v) is 25.9. The molecule has 0 amide bonds. The first kappa shape index (κ1) is 34.1. The zero-order valence-corrected chi connectivity index (χ0v) is 34.1. The van der Waals surface area contributed by atoms with E-state index in [1.54, 1.807) is 0 Å². The first-order valence-electron chi connectivity index (χ1n) is 19.4. The van der Waals surface area contributed by atoms with Crippen LogP contribution < -0.4 is 30.4 Å². The number of hydrogen-bond donors (Lipinski definition) is 0. The second-order valence-electron chi connectivity index (χ2n) is 16.1. The predicted octanol–water partition coefficient (Wildman–Crippen LogP) is 9.81. The SMILES string of the molecule is C[Si]1(C)c2ccccc2N(c2ccccc2)c2ccc(-c3ccc4c(c3)[SiH-](C)(C)c3cc(-c5nc(-c6ccccc6)nc(-c6ccccc6)n5)ccc3O4)cc21. The summed E-state index contributed by atoms with van der Waals surface area (Å²) in [4.78, 5) is 17.4. The van der Waals surface area contributed by atoms with Gasteiger partial charge in [0.1, 0.15) is 0 Å². The summed E-state index contributed by atoms with van der Waals surface area (Å²) in [6, 6.07) is 60.4. The van der Waals surface area contributed by atoms with Crippen LogP contribution in [0, 0.1) is 0 Å². The standard InChI is InChI=1S/C49H41N4OSi2/c1-55(2)43-23-15-14-22-39(43)53(38-20-12-7-13-21-38)40-27-24-35(30-44(40)55)36-25-28-41-45(31-36)56(3,4)46-32-37(26-29-42(46)54-41)49-51-47(33-16-8-5-9-17-33)50-48(52-49)34-18-10-6-11-19-34/h5-32,56H,1-4H3/q-1. The molecule has 10 rings (SSSR count). The number of rotatable bonds is 5. The summed E-state index contributed by atoms with van der Waals surface area (Å²) in [6.07, 6.45) is 0. The zero-order chi connectivity index (χ0) is 38.0. The number of para-hydroxylation sites is 2. The third-order valence-corrected chi connectivity index (χ3v) is 19.4. The van der Waals surface area contributed by atoms with Crippen LogP contribution in [0.15, 0.2) is 170 Å². The Hall–Kier alpha value is -6.42. The zero-order valence-electron chi connectivity index (χ0n) is 31.9. The second-order valence-corrected chi connectivity index (χ2v) is 25.4. The summed E-state index contributed by atoms with van der Waals surface area (Å²) >= 11 is 0. The molecule has 56 heavy (non-hydrogen) atoms. The Morgan fingerprint density at radius 3 is 1.54 bits per heavy atom. The first-order chi connectivity index (χ1) is 27.3. The molecule has 0 spiro atoms. The van der Waals surface area contributed by atoms with E-state index in [0.717, 1.165) is 28.2 Å². The van der Waals surface area contributed by atoms with E-state index in [-0.39, 0.29) is 0 Å². The molecule has 0 saturated heterocycles. The van der Waals surface area contributed by atoms with Crippen molar-refractivity contribution in [2.75, 3.05) is 4.90 Å². The van der Waals surface area contributed by atoms with E-state index in [1.165, 1.54) is 48.9 Å². The van der Waals surface area contributed by atoms with Gasteiger partial charge in [-0.3, -0.25) is 0 Å². The van der Waals surface area contributed by atoms with Crippen LogP contribution in [0.25, 0.3) is 45.3 Å². The number of aromatic nitrogens is 3. The Morgan fingerprint density at radius 2 is 0.911 bits per heavy atom. The molecule has 0 bridgehead atoms. The maximum atomic E-state index is 6.70. The fraction of sp³-hybridized carbons (Fsp3) is 0.0816. The van der Waals surface area contributed by atoms with Crippen molar-refractivity contribution in [3.8, 4) is 56.8 Å². The topological polar surface area (TPSA) is 51.1 Å². The van der Waals surface area contributed by atoms with Crippen molar-refractivity contribution < 1.29 is 4.74 Å². The van der Waals surface area contributed by atoms with Crippen molar-refractivity contribution in [3.63, 3.8) is 0 Å². The van der Waals surface area contributed by atoms with Gasteiger partial charge in [0.05, 0.1) is 0 Å². The van der Waals surface area contributed by atoms with E-state index in [0.29, 0.717) is 17.5 Å². The molecule has 0 aliphatic carbocycles. The average molecular weight is 758 g/mol. The van der Waals surface area contributed by atoms with Gasteiger partial charge in [0.25, 0.3) is 0 Å². The Kier molecular flexibility index (Phi) is 7.99. The molecule has 272 valence electrons. The van der Waals surface area contributed by atoms with Crippen LogP contribution >= 0.6 is 0 Å². The van der Waals surface area contributed by atoms with Gasteiger partial charge in [-0.2, -0.15) is 0 Å². The number of benzene rings is 7. The summed E-state index contributed by atoms with van der Waals surface area (Å²) < 4.78 is 6.70. The molecule has 8 aromatic rings. The normalized spacial score (nSPS) is 15.0. The number of ether oxygens (including phenoxy) is 1. The Labute approximate surface area is 330 Å². The molecule has 0 radical (unpaired) electrons. The van der Waals surface area contributed by atoms with Crippen molar-refractivity contribution in [1.82, 2.24) is 15.0 Å². The molecule has 2 aliphatic heterocycles. The molecule has 0 fully saturated rings. The van der Waals surface area contributed by atoms with Crippen LogP contribution in [0.3, 0.4) is 0 Å². The van der Waals surface area contributed by atoms with Crippen LogP contribution in [-0.4, -0.2) is 31.1 Å². The third kappa shape index (κ3) is 5.62. The van der Waals surface area contributed by atoms with Gasteiger partial charge in [-0.15, -0.1) is 0 Å². The fourth-order valence-corrected chi connectivity index (χ4v) is 14.9. The molecule has 0 atom stereocenters. The van der Waals surface area contributed by atoms with E-state index < -0.39 is 16.1 Å². The number of fused-ring (bicyclic) bond motifs is 4. The minimum absolute atomic E-state index is 0.654. The molecule has 1 aromatic heterocycles. The van der Waals surface area contributed by atoms with Crippen molar-refractivity contribution in [2.45, 2.75) is 26.2 Å². The van der Waals surface area contributed by atoms with Crippen LogP contribution in [0.5, 0.6) is 11.5 Å². The van der Waals surface area contributed by atoms with Gasteiger partial charge in [0.2, 0.25) is 0 Å². The van der Waals surface area contributed by atoms with Gasteiger partial charge in [0, 0.05) is 0 Å². The van der Waals surface area contributed by atoms with E-state index in [4.69, 9.17) is 19.7 Å². The van der Waals surface area contributed by atoms with Crippen LogP contribution in [0.4, 0.5) is 17.1 Å². The van der Waals surface area contributed by atoms with Crippen LogP contribution in [0.2, 0.25) is 26.2 Å². The molecule has 0 saturated carbocycles. The maximum absolute atomic E-state index is 6.70. The molecule has 0 N–H and O–H groups in total. The molecular formula is C49H41N4OSi2-. The second kappa shape index (κ2) is 13.1. The monoisotopic (exact) mass is 757 g/mol. The summed E-state index contributed by atoms with van der Waals surface area (Å²) in [6.45, 7) is 9.88. The van der Waals surface area contributed by atoms with E-state index in [1.807, 2.05) is 60.7 Å². The van der Waals surface area contributed by atoms with E-state index in [9.17, 15) is 0 Å². The molecule has 7 aromatic carbocycles. The van der Waals surface area contributed by atoms with E-state index >= 15 is 0 Å². The fourth-order valence-electron chi connectivity index (χ4n) is 8.69. The van der Waals surface area contributed by atoms with Gasteiger partial charge >= 0.3 is 331 Å². The average Bonchev–Trinajstić information content (AvgIpc) is 3.24. The van der Waals surface area contributed by atoms with Gasteiger partial charge in [-0.25, -0.2) is 0 Å². The van der Waals surface area contributed by atoms with Crippen molar-refractivity contribution in [3.05, 3.63) is 170 Å². The third-order valence-electron chi connectivity index (χ3n) is 11.8. The van der Waals surface area contributed by atoms with Crippen LogP contribution in [-0.2, 0) is 0 Å². The predicted molar refractivity (Wildman–Crippen MR) is 238 cm³/mol. The number of anilines is 3. The van der Waals surface area contributed by atoms with Crippen molar-refractivity contribution in [2.24, 2.45) is 0 Å². The molecule has 3 heterocycles. The summed E-state index contributed by atoms with van der Waals surface area (Å²) in [5, 5.41) is 5.48. The molecule has 5 nitrogen and oxygen atoms in total. The molecule has 0 unspecified atom stereocenters. The Bertz CT molecular complexity index is 2730. The van der Waals surface area contributed by atoms with Crippen molar-refractivity contribution in [1.29, 1.82) is 0 Å². The molecular weight excluding hydrogens is 717 g/mol. The van der Waals surface area contributed by atoms with Gasteiger partial charge in [-0.05, 0) is 0 Å². The van der Waals surface area contributed by atoms with Gasteiger partial charge in [-0.1, -0.05) is 0 Å². The Balaban J connectivity index is 1.05. The summed E-state index contributed by atoms with van der Waals surface area (Å²) in [5.74, 6) is 3.85. The molecule has 7 heteroatoms. The van der Waals surface area contributed by atoms with Crippen molar-refractivity contribution >= 4 is 54.0 Å². The quantitative estimate of drug-likeness (QED) is 0.164.